The van der Waals surface area contributed by atoms with Crippen molar-refractivity contribution in [1.82, 2.24) is 19.6 Å². The Morgan fingerprint density at radius 2 is 1.70 bits per heavy atom. The highest BCUT2D eigenvalue weighted by Crippen LogP contribution is 2.21. The molecular weight excluding hydrogens is 312 g/mol. The van der Waals surface area contributed by atoms with E-state index in [2.05, 4.69) is 15.3 Å². The minimum Gasteiger partial charge on any atom is -0.317 e. The molecule has 0 radical (unpaired) electrons. The number of hydrogen-bond donors (Lipinski definition) is 1. The molecule has 0 spiro atoms. The lowest BCUT2D eigenvalue weighted by Gasteiger charge is -2.30. The van der Waals surface area contributed by atoms with Gasteiger partial charge in [0, 0.05) is 18.7 Å². The maximum absolute atomic E-state index is 12.7. The van der Waals surface area contributed by atoms with Gasteiger partial charge in [-0.1, -0.05) is 30.3 Å². The van der Waals surface area contributed by atoms with Crippen molar-refractivity contribution in [2.45, 2.75) is 23.8 Å². The summed E-state index contributed by atoms with van der Waals surface area (Å²) in [6, 6.07) is 9.52. The van der Waals surface area contributed by atoms with Crippen molar-refractivity contribution in [1.29, 1.82) is 0 Å². The third-order valence-corrected chi connectivity index (χ3v) is 6.02. The van der Waals surface area contributed by atoms with Crippen molar-refractivity contribution >= 4 is 10.0 Å². The monoisotopic (exact) mass is 332 g/mol. The summed E-state index contributed by atoms with van der Waals surface area (Å²) in [5.41, 5.74) is 0.864. The van der Waals surface area contributed by atoms with Crippen LogP contribution in [0.1, 0.15) is 12.8 Å². The summed E-state index contributed by atoms with van der Waals surface area (Å²) in [6.45, 7) is 1.68. The molecule has 0 unspecified atom stereocenters. The Morgan fingerprint density at radius 3 is 2.30 bits per heavy atom. The van der Waals surface area contributed by atoms with Gasteiger partial charge >= 0.3 is 0 Å². The second-order valence-corrected chi connectivity index (χ2v) is 7.61. The van der Waals surface area contributed by atoms with E-state index in [1.807, 2.05) is 30.3 Å². The molecule has 1 aliphatic heterocycles. The Kier molecular flexibility index (Phi) is 4.70. The SMILES string of the molecule is CN(C1CCNCC1)S(=O)(=O)c1cnc(-c2ccccc2)nc1. The topological polar surface area (TPSA) is 75.2 Å². The van der Waals surface area contributed by atoms with Crippen LogP contribution in [0.4, 0.5) is 0 Å². The summed E-state index contributed by atoms with van der Waals surface area (Å²) < 4.78 is 26.9. The second-order valence-electron chi connectivity index (χ2n) is 5.61. The molecule has 0 bridgehead atoms. The van der Waals surface area contributed by atoms with Gasteiger partial charge in [0.05, 0.1) is 12.4 Å². The molecule has 0 aliphatic carbocycles. The number of rotatable bonds is 4. The Morgan fingerprint density at radius 1 is 1.09 bits per heavy atom. The first-order valence-electron chi connectivity index (χ1n) is 7.65. The Bertz CT molecular complexity index is 741. The van der Waals surface area contributed by atoms with Crippen molar-refractivity contribution in [3.8, 4) is 11.4 Å². The number of hydrogen-bond acceptors (Lipinski definition) is 5. The van der Waals surface area contributed by atoms with E-state index in [0.29, 0.717) is 5.82 Å². The molecule has 3 rings (SSSR count). The number of benzene rings is 1. The zero-order valence-corrected chi connectivity index (χ0v) is 13.8. The Hall–Kier alpha value is -1.83. The van der Waals surface area contributed by atoms with E-state index in [1.54, 1.807) is 7.05 Å². The predicted molar refractivity (Wildman–Crippen MR) is 88.3 cm³/mol. The molecule has 6 nitrogen and oxygen atoms in total. The van der Waals surface area contributed by atoms with E-state index in [1.165, 1.54) is 16.7 Å². The van der Waals surface area contributed by atoms with Crippen molar-refractivity contribution in [2.75, 3.05) is 20.1 Å². The first-order valence-corrected chi connectivity index (χ1v) is 9.09. The Balaban J connectivity index is 1.83. The van der Waals surface area contributed by atoms with Gasteiger partial charge in [-0.2, -0.15) is 4.31 Å². The van der Waals surface area contributed by atoms with Crippen LogP contribution in [-0.4, -0.2) is 48.9 Å². The molecule has 23 heavy (non-hydrogen) atoms. The number of nitrogens with zero attached hydrogens (tertiary/aromatic N) is 3. The normalized spacial score (nSPS) is 16.6. The second kappa shape index (κ2) is 6.74. The molecule has 1 saturated heterocycles. The van der Waals surface area contributed by atoms with Gasteiger partial charge in [0.25, 0.3) is 0 Å². The molecule has 2 heterocycles. The van der Waals surface area contributed by atoms with Gasteiger partial charge in [-0.3, -0.25) is 0 Å². The van der Waals surface area contributed by atoms with Gasteiger partial charge in [-0.25, -0.2) is 18.4 Å². The largest absolute Gasteiger partial charge is 0.317 e. The summed E-state index contributed by atoms with van der Waals surface area (Å²) in [6.07, 6.45) is 4.42. The zero-order chi connectivity index (χ0) is 16.3. The van der Waals surface area contributed by atoms with Gasteiger partial charge in [-0.15, -0.1) is 0 Å². The van der Waals surface area contributed by atoms with Crippen molar-refractivity contribution in [3.05, 3.63) is 42.7 Å². The smallest absolute Gasteiger partial charge is 0.246 e. The molecule has 1 aromatic carbocycles. The molecule has 122 valence electrons. The average molecular weight is 332 g/mol. The molecule has 1 N–H and O–H groups in total. The zero-order valence-electron chi connectivity index (χ0n) is 13.0. The van der Waals surface area contributed by atoms with Crippen LogP contribution in [0.15, 0.2) is 47.6 Å². The number of nitrogens with one attached hydrogen (secondary N) is 1. The first kappa shape index (κ1) is 16.0. The van der Waals surface area contributed by atoms with Gasteiger partial charge in [0.1, 0.15) is 4.90 Å². The summed E-state index contributed by atoms with van der Waals surface area (Å²) in [5.74, 6) is 0.522. The number of aromatic nitrogens is 2. The van der Waals surface area contributed by atoms with E-state index in [9.17, 15) is 8.42 Å². The lowest BCUT2D eigenvalue weighted by atomic mass is 10.1. The van der Waals surface area contributed by atoms with Crippen LogP contribution < -0.4 is 5.32 Å². The first-order chi connectivity index (χ1) is 11.1. The summed E-state index contributed by atoms with van der Waals surface area (Å²) in [5, 5.41) is 3.24. The van der Waals surface area contributed by atoms with E-state index >= 15 is 0 Å². The maximum atomic E-state index is 12.7. The van der Waals surface area contributed by atoms with Crippen molar-refractivity contribution in [3.63, 3.8) is 0 Å². The lowest BCUT2D eigenvalue weighted by molar-refractivity contribution is 0.296. The third kappa shape index (κ3) is 3.41. The van der Waals surface area contributed by atoms with Crippen molar-refractivity contribution < 1.29 is 8.42 Å². The summed E-state index contributed by atoms with van der Waals surface area (Å²) in [7, 11) is -1.92. The molecular formula is C16H20N4O2S. The maximum Gasteiger partial charge on any atom is 0.246 e. The van der Waals surface area contributed by atoms with Crippen LogP contribution in [0.5, 0.6) is 0 Å². The van der Waals surface area contributed by atoms with Crippen LogP contribution in [0.3, 0.4) is 0 Å². The van der Waals surface area contributed by atoms with Crippen LogP contribution in [0, 0.1) is 0 Å². The van der Waals surface area contributed by atoms with Crippen LogP contribution in [-0.2, 0) is 10.0 Å². The number of sulfonamides is 1. The van der Waals surface area contributed by atoms with Gasteiger partial charge in [-0.05, 0) is 25.9 Å². The molecule has 0 amide bonds. The number of piperidine rings is 1. The fourth-order valence-corrected chi connectivity index (χ4v) is 4.03. The van der Waals surface area contributed by atoms with E-state index in [0.717, 1.165) is 31.5 Å². The molecule has 1 aromatic heterocycles. The van der Waals surface area contributed by atoms with E-state index in [-0.39, 0.29) is 10.9 Å². The molecule has 7 heteroatoms. The summed E-state index contributed by atoms with van der Waals surface area (Å²) in [4.78, 5) is 8.56. The molecule has 0 atom stereocenters. The Labute approximate surface area is 136 Å². The third-order valence-electron chi connectivity index (χ3n) is 4.16. The molecule has 2 aromatic rings. The van der Waals surface area contributed by atoms with E-state index in [4.69, 9.17) is 0 Å². The molecule has 1 aliphatic rings. The predicted octanol–water partition coefficient (Wildman–Crippen LogP) is 1.52. The average Bonchev–Trinajstić information content (AvgIpc) is 2.62. The van der Waals surface area contributed by atoms with Gasteiger partial charge in [0.15, 0.2) is 5.82 Å². The highest BCUT2D eigenvalue weighted by atomic mass is 32.2. The molecule has 1 fully saturated rings. The molecule has 0 saturated carbocycles. The summed E-state index contributed by atoms with van der Waals surface area (Å²) >= 11 is 0. The van der Waals surface area contributed by atoms with Gasteiger partial charge in [0.2, 0.25) is 10.0 Å². The fourth-order valence-electron chi connectivity index (χ4n) is 2.72. The standard InChI is InChI=1S/C16H20N4O2S/c1-20(14-7-9-17-10-8-14)23(21,22)15-11-18-16(19-12-15)13-5-3-2-4-6-13/h2-6,11-12,14,17H,7-10H2,1H3. The minimum atomic E-state index is -3.56. The quantitative estimate of drug-likeness (QED) is 0.919. The van der Waals surface area contributed by atoms with Crippen LogP contribution >= 0.6 is 0 Å². The van der Waals surface area contributed by atoms with Crippen molar-refractivity contribution in [2.24, 2.45) is 0 Å². The fraction of sp³-hybridized carbons (Fsp3) is 0.375. The highest BCUT2D eigenvalue weighted by molar-refractivity contribution is 7.89. The van der Waals surface area contributed by atoms with Crippen LogP contribution in [0.25, 0.3) is 11.4 Å². The van der Waals surface area contributed by atoms with Gasteiger partial charge < -0.3 is 5.32 Å². The van der Waals surface area contributed by atoms with E-state index < -0.39 is 10.0 Å². The highest BCUT2D eigenvalue weighted by Gasteiger charge is 2.29. The minimum absolute atomic E-state index is 0.0232. The lowest BCUT2D eigenvalue weighted by Crippen LogP contribution is -2.43. The van der Waals surface area contributed by atoms with Crippen LogP contribution in [0.2, 0.25) is 0 Å².